The summed E-state index contributed by atoms with van der Waals surface area (Å²) in [6, 6.07) is 0. The molecular formula is C23H34N2O8. The number of carbonyl (C=O) groups excluding carboxylic acids is 2. The number of carboxylic acid groups (broad SMARTS) is 1. The Labute approximate surface area is 193 Å². The number of hydrogen-bond acceptors (Lipinski definition) is 7. The van der Waals surface area contributed by atoms with Gasteiger partial charge in [-0.3, -0.25) is 14.5 Å². The van der Waals surface area contributed by atoms with Gasteiger partial charge in [0.2, 0.25) is 5.91 Å². The third-order valence-corrected chi connectivity index (χ3v) is 7.39. The molecule has 0 aromatic carbocycles. The Balaban J connectivity index is 1.42. The van der Waals surface area contributed by atoms with E-state index < -0.39 is 35.8 Å². The number of methoxy groups -OCH3 is 1. The highest BCUT2D eigenvalue weighted by Gasteiger charge is 2.72. The number of carbonyl (C=O) groups is 3. The third kappa shape index (κ3) is 4.74. The van der Waals surface area contributed by atoms with Crippen LogP contribution in [0.15, 0.2) is 11.6 Å². The normalized spacial score (nSPS) is 37.6. The fraction of sp³-hybridized carbons (Fsp3) is 0.783. The molecule has 1 saturated carbocycles. The molecule has 3 aliphatic heterocycles. The van der Waals surface area contributed by atoms with Crippen LogP contribution >= 0.6 is 0 Å². The number of rotatable bonds is 7. The number of amides is 2. The molecule has 0 radical (unpaired) electrons. The first-order valence-corrected chi connectivity index (χ1v) is 11.5. The maximum absolute atomic E-state index is 12.9. The first-order chi connectivity index (χ1) is 15.6. The fourth-order valence-corrected chi connectivity index (χ4v) is 5.47. The van der Waals surface area contributed by atoms with Gasteiger partial charge in [-0.2, -0.15) is 0 Å². The monoisotopic (exact) mass is 466 g/mol. The van der Waals surface area contributed by atoms with E-state index >= 15 is 0 Å². The van der Waals surface area contributed by atoms with E-state index in [2.05, 4.69) is 26.8 Å². The van der Waals surface area contributed by atoms with Crippen LogP contribution in [0.4, 0.5) is 4.79 Å². The number of nitrogens with zero attached hydrogens (tertiary/aromatic N) is 2. The number of hydrogen-bond donors (Lipinski definition) is 1. The van der Waals surface area contributed by atoms with Crippen LogP contribution in [-0.2, 0) is 28.5 Å². The molecule has 0 aromatic heterocycles. The van der Waals surface area contributed by atoms with E-state index in [1.807, 2.05) is 0 Å². The van der Waals surface area contributed by atoms with Crippen molar-refractivity contribution in [2.45, 2.75) is 69.5 Å². The second-order valence-corrected chi connectivity index (χ2v) is 9.93. The van der Waals surface area contributed by atoms with E-state index in [0.29, 0.717) is 13.0 Å². The fourth-order valence-electron chi connectivity index (χ4n) is 5.47. The van der Waals surface area contributed by atoms with Gasteiger partial charge in [0, 0.05) is 20.2 Å². The summed E-state index contributed by atoms with van der Waals surface area (Å²) >= 11 is 0. The zero-order valence-corrected chi connectivity index (χ0v) is 19.7. The van der Waals surface area contributed by atoms with Gasteiger partial charge < -0.3 is 29.0 Å². The minimum Gasteiger partial charge on any atom is -0.480 e. The summed E-state index contributed by atoms with van der Waals surface area (Å²) in [7, 11) is 1.62. The molecule has 3 saturated heterocycles. The molecule has 0 aromatic rings. The number of aliphatic carboxylic acids is 1. The van der Waals surface area contributed by atoms with E-state index in [1.54, 1.807) is 7.11 Å². The van der Waals surface area contributed by atoms with Gasteiger partial charge in [0.1, 0.15) is 36.5 Å². The largest absolute Gasteiger partial charge is 0.480 e. The van der Waals surface area contributed by atoms with Crippen LogP contribution in [0.25, 0.3) is 0 Å². The van der Waals surface area contributed by atoms with Crippen molar-refractivity contribution in [1.29, 1.82) is 0 Å². The van der Waals surface area contributed by atoms with E-state index in [9.17, 15) is 14.4 Å². The molecule has 1 spiro atoms. The zero-order chi connectivity index (χ0) is 24.0. The molecule has 1 aliphatic carbocycles. The summed E-state index contributed by atoms with van der Waals surface area (Å²) in [6.45, 7) is 6.68. The maximum Gasteiger partial charge on any atom is 0.410 e. The number of allylic oxidation sites excluding steroid dienone is 1. The van der Waals surface area contributed by atoms with E-state index in [-0.39, 0.29) is 43.8 Å². The van der Waals surface area contributed by atoms with Crippen molar-refractivity contribution in [2.75, 3.05) is 39.9 Å². The van der Waals surface area contributed by atoms with Crippen molar-refractivity contribution >= 4 is 18.0 Å². The summed E-state index contributed by atoms with van der Waals surface area (Å²) in [5.41, 5.74) is 0.505. The second-order valence-electron chi connectivity index (χ2n) is 9.93. The Morgan fingerprint density at radius 1 is 1.30 bits per heavy atom. The molecule has 4 rings (SSSR count). The quantitative estimate of drug-likeness (QED) is 0.442. The first-order valence-electron chi connectivity index (χ1n) is 11.5. The maximum atomic E-state index is 12.9. The van der Waals surface area contributed by atoms with Crippen LogP contribution in [-0.4, -0.2) is 102 Å². The third-order valence-electron chi connectivity index (χ3n) is 7.39. The minimum absolute atomic E-state index is 0.0607. The number of ether oxygens (including phenoxy) is 4. The summed E-state index contributed by atoms with van der Waals surface area (Å²) in [4.78, 5) is 38.6. The van der Waals surface area contributed by atoms with E-state index in [0.717, 1.165) is 12.8 Å². The molecule has 0 unspecified atom stereocenters. The average Bonchev–Trinajstić information content (AvgIpc) is 3.66. The molecular weight excluding hydrogens is 432 g/mol. The van der Waals surface area contributed by atoms with Crippen molar-refractivity contribution in [3.63, 3.8) is 0 Å². The second kappa shape index (κ2) is 8.88. The Hall–Kier alpha value is -2.17. The van der Waals surface area contributed by atoms with Crippen LogP contribution in [0.2, 0.25) is 0 Å². The lowest BCUT2D eigenvalue weighted by molar-refractivity contribution is -0.147. The van der Waals surface area contributed by atoms with Crippen molar-refractivity contribution in [3.05, 3.63) is 11.6 Å². The molecule has 1 N–H and O–H groups in total. The molecule has 6 atom stereocenters. The van der Waals surface area contributed by atoms with Crippen molar-refractivity contribution in [1.82, 2.24) is 9.80 Å². The number of epoxide rings is 2. The number of carboxylic acids is 1. The van der Waals surface area contributed by atoms with Crippen LogP contribution in [0.1, 0.15) is 40.0 Å². The molecule has 2 amide bonds. The topological polar surface area (TPSA) is 121 Å². The van der Waals surface area contributed by atoms with Gasteiger partial charge in [-0.1, -0.05) is 11.6 Å². The molecule has 184 valence electrons. The molecule has 33 heavy (non-hydrogen) atoms. The average molecular weight is 467 g/mol. The first kappa shape index (κ1) is 24.0. The van der Waals surface area contributed by atoms with Crippen LogP contribution in [0.3, 0.4) is 0 Å². The molecule has 3 heterocycles. The molecule has 10 heteroatoms. The highest BCUT2D eigenvalue weighted by molar-refractivity contribution is 5.86. The Morgan fingerprint density at radius 3 is 2.61 bits per heavy atom. The van der Waals surface area contributed by atoms with Gasteiger partial charge in [0.15, 0.2) is 0 Å². The molecule has 0 bridgehead atoms. The van der Waals surface area contributed by atoms with E-state index in [4.69, 9.17) is 24.1 Å². The highest BCUT2D eigenvalue weighted by atomic mass is 16.6. The van der Waals surface area contributed by atoms with Gasteiger partial charge >= 0.3 is 12.1 Å². The molecule has 4 fully saturated rings. The van der Waals surface area contributed by atoms with E-state index in [1.165, 1.54) is 15.4 Å². The van der Waals surface area contributed by atoms with Gasteiger partial charge in [-0.25, -0.2) is 4.79 Å². The zero-order valence-electron chi connectivity index (χ0n) is 19.7. The van der Waals surface area contributed by atoms with Gasteiger partial charge in [-0.05, 0) is 40.0 Å². The van der Waals surface area contributed by atoms with Crippen molar-refractivity contribution in [2.24, 2.45) is 5.92 Å². The Morgan fingerprint density at radius 2 is 2.03 bits per heavy atom. The molecule has 10 nitrogen and oxygen atoms in total. The lowest BCUT2D eigenvalue weighted by Gasteiger charge is -2.43. The SMILES string of the molecule is CO[C@@H]1[C@H](OC(=O)N2CCN(CC(=O)O)C(=O)C2)CC[C@]2(CO2)[C@H]1[C@@]1(C)O[C@@H]1CC=C(C)C. The Bertz CT molecular complexity index is 836. The van der Waals surface area contributed by atoms with Gasteiger partial charge in [0.25, 0.3) is 0 Å². The predicted octanol–water partition coefficient (Wildman–Crippen LogP) is 1.43. The van der Waals surface area contributed by atoms with Crippen LogP contribution < -0.4 is 0 Å². The lowest BCUT2D eigenvalue weighted by Crippen LogP contribution is -2.57. The predicted molar refractivity (Wildman–Crippen MR) is 116 cm³/mol. The van der Waals surface area contributed by atoms with Crippen LogP contribution in [0, 0.1) is 5.92 Å². The number of piperazine rings is 1. The van der Waals surface area contributed by atoms with Gasteiger partial charge in [0.05, 0.1) is 18.6 Å². The minimum atomic E-state index is -1.08. The summed E-state index contributed by atoms with van der Waals surface area (Å²) < 4.78 is 23.9. The van der Waals surface area contributed by atoms with Crippen LogP contribution in [0.5, 0.6) is 0 Å². The smallest absolute Gasteiger partial charge is 0.410 e. The van der Waals surface area contributed by atoms with Crippen molar-refractivity contribution < 1.29 is 38.4 Å². The summed E-state index contributed by atoms with van der Waals surface area (Å²) in [6.07, 6.45) is 2.92. The Kier molecular flexibility index (Phi) is 6.45. The van der Waals surface area contributed by atoms with Gasteiger partial charge in [-0.15, -0.1) is 0 Å². The van der Waals surface area contributed by atoms with Crippen molar-refractivity contribution in [3.8, 4) is 0 Å². The highest BCUT2D eigenvalue weighted by Crippen LogP contribution is 2.59. The summed E-state index contributed by atoms with van der Waals surface area (Å²) in [5, 5.41) is 8.92. The standard InChI is InChI=1S/C23H34N2O8/c1-14(2)5-6-16-22(3,33-16)20-19(30-4)15(7-8-23(20)13-31-23)32-21(29)25-10-9-24(12-18(27)28)17(26)11-25/h5,15-16,19-20H,6-13H2,1-4H3,(H,27,28)/t15-,16-,19-,20-,22+,23+/m1/s1. The lowest BCUT2D eigenvalue weighted by atomic mass is 9.68. The summed E-state index contributed by atoms with van der Waals surface area (Å²) in [5.74, 6) is -1.56. The molecule has 4 aliphatic rings.